The summed E-state index contributed by atoms with van der Waals surface area (Å²) in [5.41, 5.74) is 24.8. The lowest BCUT2D eigenvalue weighted by Crippen LogP contribution is -2.59. The fourth-order valence-corrected chi connectivity index (χ4v) is 10.9. The molecule has 0 amide bonds. The Balaban J connectivity index is 1.23. The van der Waals surface area contributed by atoms with Crippen LogP contribution in [-0.2, 0) is 0 Å². The average molecular weight is 682 g/mol. The van der Waals surface area contributed by atoms with Crippen LogP contribution in [0.3, 0.4) is 0 Å². The monoisotopic (exact) mass is 681 g/mol. The van der Waals surface area contributed by atoms with Crippen molar-refractivity contribution >= 4 is 63.5 Å². The number of nitrogens with zero attached hydrogens (tertiary/aromatic N) is 1. The Morgan fingerprint density at radius 3 is 2.13 bits per heavy atom. The van der Waals surface area contributed by atoms with Crippen molar-refractivity contribution in [3.8, 4) is 22.3 Å². The normalized spacial score (nSPS) is 20.1. The maximum Gasteiger partial charge on any atom is 0.247 e. The summed E-state index contributed by atoms with van der Waals surface area (Å²) in [4.78, 5) is 2.71. The summed E-state index contributed by atoms with van der Waals surface area (Å²) in [6, 6.07) is 39.5. The van der Waals surface area contributed by atoms with Crippen LogP contribution in [0.4, 0.5) is 17.1 Å². The highest BCUT2D eigenvalue weighted by Crippen LogP contribution is 2.55. The van der Waals surface area contributed by atoms with E-state index in [-0.39, 0.29) is 24.3 Å². The Hall–Kier alpha value is -5.01. The van der Waals surface area contributed by atoms with Gasteiger partial charge in [0, 0.05) is 17.1 Å². The molecule has 4 heterocycles. The van der Waals surface area contributed by atoms with Gasteiger partial charge in [-0.3, -0.25) is 0 Å². The highest BCUT2D eigenvalue weighted by atomic mass is 15.2. The van der Waals surface area contributed by atoms with E-state index >= 15 is 0 Å². The summed E-state index contributed by atoms with van der Waals surface area (Å²) in [5, 5.41) is 0. The fraction of sp³-hybridized carbons (Fsp3) is 0.240. The van der Waals surface area contributed by atoms with E-state index in [1.54, 1.807) is 5.57 Å². The molecule has 1 nitrogen and oxygen atoms in total. The molecule has 5 aromatic rings. The van der Waals surface area contributed by atoms with E-state index < -0.39 is 0 Å². The van der Waals surface area contributed by atoms with Gasteiger partial charge in [0.1, 0.15) is 0 Å². The van der Waals surface area contributed by atoms with Crippen molar-refractivity contribution in [1.29, 1.82) is 0 Å². The maximum absolute atomic E-state index is 2.71. The quantitative estimate of drug-likeness (QED) is 0.168. The number of rotatable bonds is 2. The molecular weight excluding hydrogens is 636 g/mol. The van der Waals surface area contributed by atoms with E-state index in [2.05, 4.69) is 174 Å². The standard InChI is InChI=1S/C50H45B2N/c1-49(2,3)33-20-23-39-37(28-33)36-18-13-19-43-46(36)51(39)41-26-32(30-14-9-7-10-15-30)27-42-48(41)53(43)44-25-22-35(31-16-11-8-12-17-31)45-38-29-34(50(4,5)6)21-24-40(38)52(42)47(44)45/h7-23,25-27,29,33,40H,24,28H2,1-6H3. The van der Waals surface area contributed by atoms with E-state index in [4.69, 9.17) is 0 Å². The molecule has 5 aromatic carbocycles. The van der Waals surface area contributed by atoms with Gasteiger partial charge in [0.2, 0.25) is 13.4 Å². The number of anilines is 3. The van der Waals surface area contributed by atoms with Crippen molar-refractivity contribution in [2.45, 2.75) is 60.2 Å². The molecule has 2 unspecified atom stereocenters. The first-order valence-electron chi connectivity index (χ1n) is 19.8. The van der Waals surface area contributed by atoms with E-state index in [9.17, 15) is 0 Å². The second-order valence-corrected chi connectivity index (χ2v) is 18.5. The first-order valence-corrected chi connectivity index (χ1v) is 19.8. The molecule has 256 valence electrons. The highest BCUT2D eigenvalue weighted by molar-refractivity contribution is 7.00. The van der Waals surface area contributed by atoms with Crippen molar-refractivity contribution in [1.82, 2.24) is 0 Å². The minimum absolute atomic E-state index is 0.0892. The predicted molar refractivity (Wildman–Crippen MR) is 230 cm³/mol. The van der Waals surface area contributed by atoms with Crippen LogP contribution in [0.1, 0.15) is 65.5 Å². The summed E-state index contributed by atoms with van der Waals surface area (Å²) in [5.74, 6) is 0.914. The Morgan fingerprint density at radius 1 is 0.679 bits per heavy atom. The molecule has 2 aliphatic carbocycles. The summed E-state index contributed by atoms with van der Waals surface area (Å²) in [6.45, 7) is 14.8. The lowest BCUT2D eigenvalue weighted by atomic mass is 9.30. The van der Waals surface area contributed by atoms with Crippen LogP contribution in [0.15, 0.2) is 138 Å². The molecule has 0 saturated heterocycles. The van der Waals surface area contributed by atoms with Gasteiger partial charge in [-0.05, 0) is 119 Å². The van der Waals surface area contributed by atoms with E-state index in [0.717, 1.165) is 12.8 Å². The van der Waals surface area contributed by atoms with Crippen LogP contribution in [0.25, 0.3) is 33.4 Å². The Morgan fingerprint density at radius 2 is 1.40 bits per heavy atom. The smallest absolute Gasteiger partial charge is 0.247 e. The van der Waals surface area contributed by atoms with Crippen LogP contribution in [-0.4, -0.2) is 13.4 Å². The molecule has 53 heavy (non-hydrogen) atoms. The SMILES string of the molecule is CC(C)(C)C1=CCC2B3c4cc(-c5ccccc5)cc5c4N(c4cccc6c4B5C4=C6CC(C(C)(C)C)C=C4)c4ccc(-c5ccccc5)c(c43)C2=C1. The second kappa shape index (κ2) is 10.8. The van der Waals surface area contributed by atoms with Gasteiger partial charge in [0.05, 0.1) is 0 Å². The number of allylic oxidation sites excluding steroid dienone is 8. The van der Waals surface area contributed by atoms with Gasteiger partial charge in [-0.25, -0.2) is 0 Å². The molecule has 0 radical (unpaired) electrons. The summed E-state index contributed by atoms with van der Waals surface area (Å²) in [6.07, 6.45) is 12.4. The third-order valence-electron chi connectivity index (χ3n) is 13.5. The Labute approximate surface area is 316 Å². The van der Waals surface area contributed by atoms with Crippen molar-refractivity contribution in [2.75, 3.05) is 4.90 Å². The molecule has 3 heteroatoms. The van der Waals surface area contributed by atoms with Crippen molar-refractivity contribution in [2.24, 2.45) is 16.7 Å². The molecule has 0 bridgehead atoms. The van der Waals surface area contributed by atoms with E-state index in [1.165, 1.54) is 88.9 Å². The van der Waals surface area contributed by atoms with Gasteiger partial charge in [0.15, 0.2) is 0 Å². The van der Waals surface area contributed by atoms with Crippen molar-refractivity contribution < 1.29 is 0 Å². The van der Waals surface area contributed by atoms with Gasteiger partial charge in [-0.15, -0.1) is 0 Å². The molecular formula is C50H45B2N. The lowest BCUT2D eigenvalue weighted by Gasteiger charge is -2.43. The maximum atomic E-state index is 2.71. The average Bonchev–Trinajstić information content (AvgIpc) is 3.69. The van der Waals surface area contributed by atoms with Crippen LogP contribution in [0, 0.1) is 16.7 Å². The first-order chi connectivity index (χ1) is 25.6. The predicted octanol–water partition coefficient (Wildman–Crippen LogP) is 10.4. The Kier molecular flexibility index (Phi) is 6.41. The zero-order chi connectivity index (χ0) is 36.0. The van der Waals surface area contributed by atoms with Gasteiger partial charge >= 0.3 is 0 Å². The molecule has 0 fully saturated rings. The van der Waals surface area contributed by atoms with Crippen LogP contribution < -0.4 is 26.8 Å². The highest BCUT2D eigenvalue weighted by Gasteiger charge is 2.53. The number of hydrogen-bond donors (Lipinski definition) is 0. The minimum atomic E-state index is 0.0892. The lowest BCUT2D eigenvalue weighted by molar-refractivity contribution is 0.296. The zero-order valence-electron chi connectivity index (χ0n) is 31.8. The number of hydrogen-bond acceptors (Lipinski definition) is 1. The topological polar surface area (TPSA) is 3.24 Å². The van der Waals surface area contributed by atoms with Crippen LogP contribution in [0.2, 0.25) is 5.82 Å². The summed E-state index contributed by atoms with van der Waals surface area (Å²) >= 11 is 0. The molecule has 6 aliphatic rings. The zero-order valence-corrected chi connectivity index (χ0v) is 31.8. The third kappa shape index (κ3) is 4.34. The van der Waals surface area contributed by atoms with E-state index in [1.807, 2.05) is 0 Å². The molecule has 0 aromatic heterocycles. The molecule has 11 rings (SSSR count). The largest absolute Gasteiger partial charge is 0.313 e. The van der Waals surface area contributed by atoms with Crippen LogP contribution in [0.5, 0.6) is 0 Å². The van der Waals surface area contributed by atoms with Crippen molar-refractivity contribution in [3.05, 3.63) is 150 Å². The summed E-state index contributed by atoms with van der Waals surface area (Å²) < 4.78 is 0. The molecule has 0 saturated carbocycles. The summed E-state index contributed by atoms with van der Waals surface area (Å²) in [7, 11) is 0. The number of benzene rings is 5. The molecule has 4 aliphatic heterocycles. The van der Waals surface area contributed by atoms with Gasteiger partial charge in [0.25, 0.3) is 0 Å². The van der Waals surface area contributed by atoms with Gasteiger partial charge in [-0.1, -0.05) is 162 Å². The van der Waals surface area contributed by atoms with E-state index in [0.29, 0.717) is 11.7 Å². The first kappa shape index (κ1) is 31.5. The molecule has 0 spiro atoms. The number of fused-ring (bicyclic) bond motifs is 9. The molecule has 2 atom stereocenters. The van der Waals surface area contributed by atoms with Crippen molar-refractivity contribution in [3.63, 3.8) is 0 Å². The third-order valence-corrected chi connectivity index (χ3v) is 13.5. The minimum Gasteiger partial charge on any atom is -0.313 e. The Bertz CT molecular complexity index is 2540. The van der Waals surface area contributed by atoms with Gasteiger partial charge in [-0.2, -0.15) is 0 Å². The molecule has 0 N–H and O–H groups in total. The van der Waals surface area contributed by atoms with Crippen LogP contribution >= 0.6 is 0 Å². The fourth-order valence-electron chi connectivity index (χ4n) is 10.9. The second-order valence-electron chi connectivity index (χ2n) is 18.5. The van der Waals surface area contributed by atoms with Gasteiger partial charge < -0.3 is 4.90 Å².